The van der Waals surface area contributed by atoms with Gasteiger partial charge in [-0.3, -0.25) is 0 Å². The first-order valence-corrected chi connectivity index (χ1v) is 10.4. The first-order chi connectivity index (χ1) is 16.4. The molecule has 1 heterocycles. The predicted molar refractivity (Wildman–Crippen MR) is 121 cm³/mol. The van der Waals surface area contributed by atoms with Gasteiger partial charge < -0.3 is 4.74 Å². The molecule has 0 unspecified atom stereocenters. The van der Waals surface area contributed by atoms with Crippen LogP contribution < -0.4 is 4.74 Å². The summed E-state index contributed by atoms with van der Waals surface area (Å²) < 4.78 is 60.6. The normalized spacial score (nSPS) is 10.6. The zero-order valence-corrected chi connectivity index (χ0v) is 17.9. The van der Waals surface area contributed by atoms with Gasteiger partial charge in [0.05, 0.1) is 18.0 Å². The van der Waals surface area contributed by atoms with Crippen LogP contribution in [0.4, 0.5) is 17.6 Å². The summed E-state index contributed by atoms with van der Waals surface area (Å²) in [6, 6.07) is 9.85. The van der Waals surface area contributed by atoms with E-state index in [1.807, 2.05) is 0 Å². The van der Waals surface area contributed by atoms with Gasteiger partial charge in [-0.1, -0.05) is 36.6 Å². The SMILES string of the molecule is C=CCOc1cnc(CCc2ccc(C#Cc3ccc4c(F)c(F)c(F)cc4c3)c(F)c2)nc1. The minimum Gasteiger partial charge on any atom is -0.486 e. The Kier molecular flexibility index (Phi) is 6.88. The van der Waals surface area contributed by atoms with Crippen LogP contribution in [0.3, 0.4) is 0 Å². The Balaban J connectivity index is 1.45. The highest BCUT2D eigenvalue weighted by Gasteiger charge is 2.13. The second kappa shape index (κ2) is 10.2. The zero-order valence-electron chi connectivity index (χ0n) is 17.9. The topological polar surface area (TPSA) is 35.0 Å². The average Bonchev–Trinajstić information content (AvgIpc) is 2.84. The van der Waals surface area contributed by atoms with Gasteiger partial charge in [0.1, 0.15) is 18.2 Å². The Bertz CT molecular complexity index is 1420. The third-order valence-corrected chi connectivity index (χ3v) is 5.03. The molecule has 0 bridgehead atoms. The van der Waals surface area contributed by atoms with Crippen LogP contribution in [-0.2, 0) is 12.8 Å². The fourth-order valence-electron chi connectivity index (χ4n) is 3.30. The molecule has 7 heteroatoms. The van der Waals surface area contributed by atoms with E-state index in [9.17, 15) is 17.6 Å². The van der Waals surface area contributed by atoms with Crippen molar-refractivity contribution in [3.8, 4) is 17.6 Å². The average molecular weight is 462 g/mol. The van der Waals surface area contributed by atoms with Crippen molar-refractivity contribution >= 4 is 10.8 Å². The number of aromatic nitrogens is 2. The van der Waals surface area contributed by atoms with E-state index in [1.54, 1.807) is 30.6 Å². The van der Waals surface area contributed by atoms with Crippen molar-refractivity contribution in [2.24, 2.45) is 0 Å². The maximum Gasteiger partial charge on any atom is 0.195 e. The van der Waals surface area contributed by atoms with Crippen molar-refractivity contribution in [2.45, 2.75) is 12.8 Å². The number of fused-ring (bicyclic) bond motifs is 1. The summed E-state index contributed by atoms with van der Waals surface area (Å²) in [5.41, 5.74) is 1.36. The summed E-state index contributed by atoms with van der Waals surface area (Å²) in [6.07, 6.45) is 5.85. The second-order valence-electron chi connectivity index (χ2n) is 7.42. The van der Waals surface area contributed by atoms with E-state index in [0.717, 1.165) is 11.6 Å². The van der Waals surface area contributed by atoms with E-state index in [4.69, 9.17) is 4.74 Å². The molecule has 0 aliphatic carbocycles. The fourth-order valence-corrected chi connectivity index (χ4v) is 3.30. The number of aryl methyl sites for hydroxylation is 2. The van der Waals surface area contributed by atoms with Gasteiger partial charge in [-0.05, 0) is 47.7 Å². The number of ether oxygens (including phenoxy) is 1. The molecule has 0 amide bonds. The molecule has 0 fully saturated rings. The Morgan fingerprint density at radius 2 is 1.65 bits per heavy atom. The van der Waals surface area contributed by atoms with Crippen LogP contribution in [-0.4, -0.2) is 16.6 Å². The third-order valence-electron chi connectivity index (χ3n) is 5.03. The number of hydrogen-bond donors (Lipinski definition) is 0. The van der Waals surface area contributed by atoms with E-state index in [1.165, 1.54) is 24.3 Å². The highest BCUT2D eigenvalue weighted by Crippen LogP contribution is 2.24. The van der Waals surface area contributed by atoms with Crippen molar-refractivity contribution in [1.29, 1.82) is 0 Å². The van der Waals surface area contributed by atoms with E-state index < -0.39 is 23.3 Å². The van der Waals surface area contributed by atoms with Gasteiger partial charge in [0, 0.05) is 17.4 Å². The molecule has 170 valence electrons. The monoisotopic (exact) mass is 462 g/mol. The molecule has 0 aliphatic rings. The first-order valence-electron chi connectivity index (χ1n) is 10.4. The van der Waals surface area contributed by atoms with E-state index in [-0.39, 0.29) is 16.3 Å². The molecule has 4 rings (SSSR count). The number of benzene rings is 3. The molecular formula is C27H18F4N2O. The van der Waals surface area contributed by atoms with Crippen LogP contribution in [0.1, 0.15) is 22.5 Å². The van der Waals surface area contributed by atoms with Crippen LogP contribution in [0.2, 0.25) is 0 Å². The lowest BCUT2D eigenvalue weighted by molar-refractivity contribution is 0.359. The largest absolute Gasteiger partial charge is 0.486 e. The van der Waals surface area contributed by atoms with E-state index in [0.29, 0.717) is 36.6 Å². The van der Waals surface area contributed by atoms with Crippen LogP contribution in [0.15, 0.2) is 67.5 Å². The smallest absolute Gasteiger partial charge is 0.195 e. The van der Waals surface area contributed by atoms with Crippen molar-refractivity contribution < 1.29 is 22.3 Å². The van der Waals surface area contributed by atoms with Crippen molar-refractivity contribution in [2.75, 3.05) is 6.61 Å². The third kappa shape index (κ3) is 5.24. The Morgan fingerprint density at radius 3 is 2.38 bits per heavy atom. The quantitative estimate of drug-likeness (QED) is 0.154. The standard InChI is InChI=1S/C27H18F4N2O/c1-2-11-34-21-15-32-25(33-16-21)10-6-18-4-8-19(23(28)13-18)7-3-17-5-9-22-20(12-17)14-24(29)27(31)26(22)30/h2,4-5,8-9,12-16H,1,6,10-11H2. The van der Waals surface area contributed by atoms with Gasteiger partial charge in [0.2, 0.25) is 0 Å². The lowest BCUT2D eigenvalue weighted by Crippen LogP contribution is -2.00. The maximum atomic E-state index is 14.6. The van der Waals surface area contributed by atoms with Gasteiger partial charge >= 0.3 is 0 Å². The molecule has 3 aromatic carbocycles. The van der Waals surface area contributed by atoms with Gasteiger partial charge in [0.25, 0.3) is 0 Å². The Hall–Kier alpha value is -4.18. The Morgan fingerprint density at radius 1 is 0.853 bits per heavy atom. The van der Waals surface area contributed by atoms with Gasteiger partial charge in [-0.2, -0.15) is 0 Å². The number of rotatable bonds is 6. The van der Waals surface area contributed by atoms with Crippen molar-refractivity contribution in [1.82, 2.24) is 9.97 Å². The molecule has 0 N–H and O–H groups in total. The van der Waals surface area contributed by atoms with Crippen molar-refractivity contribution in [3.05, 3.63) is 113 Å². The summed E-state index contributed by atoms with van der Waals surface area (Å²) >= 11 is 0. The molecule has 0 radical (unpaired) electrons. The molecule has 0 spiro atoms. The second-order valence-corrected chi connectivity index (χ2v) is 7.42. The molecule has 0 saturated carbocycles. The van der Waals surface area contributed by atoms with E-state index in [2.05, 4.69) is 28.4 Å². The number of nitrogens with zero attached hydrogens (tertiary/aromatic N) is 2. The predicted octanol–water partition coefficient (Wildman–Crippen LogP) is 5.94. The summed E-state index contributed by atoms with van der Waals surface area (Å²) in [6.45, 7) is 3.94. The minimum atomic E-state index is -1.52. The van der Waals surface area contributed by atoms with Crippen LogP contribution in [0.25, 0.3) is 10.8 Å². The van der Waals surface area contributed by atoms with Crippen LogP contribution >= 0.6 is 0 Å². The molecule has 3 nitrogen and oxygen atoms in total. The highest BCUT2D eigenvalue weighted by atomic mass is 19.2. The molecule has 4 aromatic rings. The van der Waals surface area contributed by atoms with Gasteiger partial charge in [-0.25, -0.2) is 27.5 Å². The molecule has 0 saturated heterocycles. The zero-order chi connectivity index (χ0) is 24.1. The molecule has 34 heavy (non-hydrogen) atoms. The maximum absolute atomic E-state index is 14.6. The lowest BCUT2D eigenvalue weighted by Gasteiger charge is -2.05. The van der Waals surface area contributed by atoms with Crippen molar-refractivity contribution in [3.63, 3.8) is 0 Å². The summed E-state index contributed by atoms with van der Waals surface area (Å²) in [5, 5.41) is 0.115. The molecular weight excluding hydrogens is 444 g/mol. The lowest BCUT2D eigenvalue weighted by atomic mass is 10.0. The summed E-state index contributed by atoms with van der Waals surface area (Å²) in [4.78, 5) is 8.47. The highest BCUT2D eigenvalue weighted by molar-refractivity contribution is 5.84. The summed E-state index contributed by atoms with van der Waals surface area (Å²) in [5.74, 6) is 2.13. The molecule has 1 aromatic heterocycles. The van der Waals surface area contributed by atoms with Gasteiger partial charge in [-0.15, -0.1) is 0 Å². The number of halogens is 4. The fraction of sp³-hybridized carbons (Fsp3) is 0.111. The van der Waals surface area contributed by atoms with Crippen LogP contribution in [0.5, 0.6) is 5.75 Å². The van der Waals surface area contributed by atoms with Crippen LogP contribution in [0, 0.1) is 35.1 Å². The first kappa shape index (κ1) is 23.0. The Labute approximate surface area is 193 Å². The molecule has 0 atom stereocenters. The minimum absolute atomic E-state index is 0.0529. The number of hydrogen-bond acceptors (Lipinski definition) is 3. The van der Waals surface area contributed by atoms with Gasteiger partial charge in [0.15, 0.2) is 23.2 Å². The summed E-state index contributed by atoms with van der Waals surface area (Å²) in [7, 11) is 0. The molecule has 0 aliphatic heterocycles. The van der Waals surface area contributed by atoms with E-state index >= 15 is 0 Å².